The molecule has 0 spiro atoms. The molecule has 0 saturated heterocycles. The third-order valence-electron chi connectivity index (χ3n) is 2.89. The van der Waals surface area contributed by atoms with Crippen LogP contribution in [-0.4, -0.2) is 20.7 Å². The standard InChI is InChI=1S/C13H13N5O2S/c1-7-8(2)17-18(12(20)11(7)4-14)5-10-6-21-13(16-10)15-9(3)19/h6H,5H2,1-3H3,(H,15,16,19). The van der Waals surface area contributed by atoms with E-state index < -0.39 is 5.56 Å². The molecule has 0 unspecified atom stereocenters. The average molecular weight is 303 g/mol. The molecule has 0 aromatic carbocycles. The minimum Gasteiger partial charge on any atom is -0.302 e. The van der Waals surface area contributed by atoms with Crippen LogP contribution in [0.15, 0.2) is 10.2 Å². The van der Waals surface area contributed by atoms with Crippen molar-refractivity contribution < 1.29 is 4.79 Å². The predicted octanol–water partition coefficient (Wildman–Crippen LogP) is 1.20. The van der Waals surface area contributed by atoms with Crippen molar-refractivity contribution in [3.8, 4) is 6.07 Å². The topological polar surface area (TPSA) is 101 Å². The Bertz CT molecular complexity index is 800. The number of amides is 1. The van der Waals surface area contributed by atoms with E-state index in [1.165, 1.54) is 22.9 Å². The summed E-state index contributed by atoms with van der Waals surface area (Å²) in [5.41, 5.74) is 1.49. The second-order valence-electron chi connectivity index (χ2n) is 4.49. The molecule has 1 amide bonds. The molecular weight excluding hydrogens is 290 g/mol. The molecule has 0 aliphatic heterocycles. The van der Waals surface area contributed by atoms with E-state index in [1.54, 1.807) is 19.2 Å². The molecule has 108 valence electrons. The summed E-state index contributed by atoms with van der Waals surface area (Å²) in [6, 6.07) is 1.91. The summed E-state index contributed by atoms with van der Waals surface area (Å²) in [4.78, 5) is 27.3. The number of aryl methyl sites for hydroxylation is 1. The zero-order chi connectivity index (χ0) is 15.6. The molecule has 0 saturated carbocycles. The highest BCUT2D eigenvalue weighted by atomic mass is 32.1. The van der Waals surface area contributed by atoms with Crippen LogP contribution in [0.3, 0.4) is 0 Å². The molecule has 2 aromatic rings. The molecule has 0 aliphatic rings. The van der Waals surface area contributed by atoms with Gasteiger partial charge in [0.15, 0.2) is 5.13 Å². The number of rotatable bonds is 3. The van der Waals surface area contributed by atoms with Gasteiger partial charge in [0.1, 0.15) is 11.6 Å². The summed E-state index contributed by atoms with van der Waals surface area (Å²) >= 11 is 1.27. The van der Waals surface area contributed by atoms with Crippen molar-refractivity contribution in [1.29, 1.82) is 5.26 Å². The van der Waals surface area contributed by atoms with Gasteiger partial charge < -0.3 is 5.32 Å². The molecule has 1 N–H and O–H groups in total. The van der Waals surface area contributed by atoms with E-state index in [4.69, 9.17) is 5.26 Å². The third kappa shape index (κ3) is 3.14. The SMILES string of the molecule is CC(=O)Nc1nc(Cn2nc(C)c(C)c(C#N)c2=O)cs1. The molecule has 0 bridgehead atoms. The normalized spacial score (nSPS) is 10.2. The summed E-state index contributed by atoms with van der Waals surface area (Å²) in [5, 5.41) is 18.0. The van der Waals surface area contributed by atoms with Gasteiger partial charge in [0, 0.05) is 12.3 Å². The highest BCUT2D eigenvalue weighted by Gasteiger charge is 2.13. The summed E-state index contributed by atoms with van der Waals surface area (Å²) in [6.45, 7) is 5.00. The van der Waals surface area contributed by atoms with E-state index in [0.29, 0.717) is 22.1 Å². The first-order chi connectivity index (χ1) is 9.92. The van der Waals surface area contributed by atoms with E-state index >= 15 is 0 Å². The van der Waals surface area contributed by atoms with Gasteiger partial charge in [-0.25, -0.2) is 9.67 Å². The Morgan fingerprint density at radius 2 is 2.24 bits per heavy atom. The minimum absolute atomic E-state index is 0.0971. The Hall–Kier alpha value is -2.53. The van der Waals surface area contributed by atoms with Crippen LogP contribution in [0.5, 0.6) is 0 Å². The maximum absolute atomic E-state index is 12.1. The van der Waals surface area contributed by atoms with Gasteiger partial charge in [-0.1, -0.05) is 0 Å². The van der Waals surface area contributed by atoms with E-state index in [2.05, 4.69) is 15.4 Å². The molecule has 0 aliphatic carbocycles. The van der Waals surface area contributed by atoms with Crippen molar-refractivity contribution in [3.05, 3.63) is 38.2 Å². The van der Waals surface area contributed by atoms with Gasteiger partial charge in [-0.3, -0.25) is 9.59 Å². The van der Waals surface area contributed by atoms with Crippen LogP contribution in [0.2, 0.25) is 0 Å². The van der Waals surface area contributed by atoms with Crippen molar-refractivity contribution in [1.82, 2.24) is 14.8 Å². The Kier molecular flexibility index (Phi) is 4.14. The zero-order valence-electron chi connectivity index (χ0n) is 11.8. The number of aromatic nitrogens is 3. The number of nitrogens with one attached hydrogen (secondary N) is 1. The first-order valence-electron chi connectivity index (χ1n) is 6.12. The fraction of sp³-hybridized carbons (Fsp3) is 0.308. The Morgan fingerprint density at radius 3 is 2.86 bits per heavy atom. The van der Waals surface area contributed by atoms with Crippen LogP contribution in [0, 0.1) is 25.2 Å². The lowest BCUT2D eigenvalue weighted by atomic mass is 10.1. The molecular formula is C13H13N5O2S. The van der Waals surface area contributed by atoms with E-state index in [1.807, 2.05) is 6.07 Å². The minimum atomic E-state index is -0.435. The van der Waals surface area contributed by atoms with Gasteiger partial charge in [0.05, 0.1) is 17.9 Å². The first kappa shape index (κ1) is 14.9. The lowest BCUT2D eigenvalue weighted by Gasteiger charge is -2.07. The van der Waals surface area contributed by atoms with Gasteiger partial charge in [-0.15, -0.1) is 11.3 Å². The van der Waals surface area contributed by atoms with E-state index in [-0.39, 0.29) is 18.0 Å². The maximum atomic E-state index is 12.1. The molecule has 2 rings (SSSR count). The number of carbonyl (C=O) groups is 1. The van der Waals surface area contributed by atoms with Crippen molar-refractivity contribution in [2.75, 3.05) is 5.32 Å². The van der Waals surface area contributed by atoms with Gasteiger partial charge in [0.2, 0.25) is 5.91 Å². The first-order valence-corrected chi connectivity index (χ1v) is 7.00. The monoisotopic (exact) mass is 303 g/mol. The summed E-state index contributed by atoms with van der Waals surface area (Å²) in [6.07, 6.45) is 0. The molecule has 0 fully saturated rings. The zero-order valence-corrected chi connectivity index (χ0v) is 12.6. The summed E-state index contributed by atoms with van der Waals surface area (Å²) in [7, 11) is 0. The van der Waals surface area contributed by atoms with Crippen molar-refractivity contribution in [2.24, 2.45) is 0 Å². The van der Waals surface area contributed by atoms with Crippen LogP contribution >= 0.6 is 11.3 Å². The number of anilines is 1. The fourth-order valence-electron chi connectivity index (χ4n) is 1.75. The number of thiazole rings is 1. The van der Waals surface area contributed by atoms with Crippen LogP contribution in [-0.2, 0) is 11.3 Å². The maximum Gasteiger partial charge on any atom is 0.285 e. The highest BCUT2D eigenvalue weighted by molar-refractivity contribution is 7.13. The van der Waals surface area contributed by atoms with Crippen molar-refractivity contribution in [2.45, 2.75) is 27.3 Å². The predicted molar refractivity (Wildman–Crippen MR) is 78.2 cm³/mol. The van der Waals surface area contributed by atoms with Gasteiger partial charge >= 0.3 is 0 Å². The van der Waals surface area contributed by atoms with Crippen LogP contribution in [0.25, 0.3) is 0 Å². The lowest BCUT2D eigenvalue weighted by Crippen LogP contribution is -2.28. The average Bonchev–Trinajstić information content (AvgIpc) is 2.83. The lowest BCUT2D eigenvalue weighted by molar-refractivity contribution is -0.114. The third-order valence-corrected chi connectivity index (χ3v) is 3.70. The van der Waals surface area contributed by atoms with Crippen LogP contribution in [0.1, 0.15) is 29.4 Å². The number of nitrogens with zero attached hydrogens (tertiary/aromatic N) is 4. The largest absolute Gasteiger partial charge is 0.302 e. The molecule has 2 heterocycles. The number of hydrogen-bond donors (Lipinski definition) is 1. The molecule has 8 heteroatoms. The van der Waals surface area contributed by atoms with Gasteiger partial charge in [-0.2, -0.15) is 10.4 Å². The Morgan fingerprint density at radius 1 is 1.52 bits per heavy atom. The van der Waals surface area contributed by atoms with E-state index in [0.717, 1.165) is 0 Å². The molecule has 7 nitrogen and oxygen atoms in total. The van der Waals surface area contributed by atoms with Gasteiger partial charge in [-0.05, 0) is 19.4 Å². The number of hydrogen-bond acceptors (Lipinski definition) is 6. The second kappa shape index (κ2) is 5.85. The quantitative estimate of drug-likeness (QED) is 0.918. The molecule has 0 radical (unpaired) electrons. The summed E-state index contributed by atoms with van der Waals surface area (Å²) < 4.78 is 1.22. The molecule has 21 heavy (non-hydrogen) atoms. The highest BCUT2D eigenvalue weighted by Crippen LogP contribution is 2.16. The molecule has 2 aromatic heterocycles. The van der Waals surface area contributed by atoms with E-state index in [9.17, 15) is 9.59 Å². The number of carbonyl (C=O) groups excluding carboxylic acids is 1. The molecule has 0 atom stereocenters. The summed E-state index contributed by atoms with van der Waals surface area (Å²) in [5.74, 6) is -0.205. The number of nitriles is 1. The smallest absolute Gasteiger partial charge is 0.285 e. The van der Waals surface area contributed by atoms with Crippen molar-refractivity contribution in [3.63, 3.8) is 0 Å². The van der Waals surface area contributed by atoms with Crippen LogP contribution < -0.4 is 10.9 Å². The van der Waals surface area contributed by atoms with Crippen molar-refractivity contribution >= 4 is 22.4 Å². The Labute approximate surface area is 124 Å². The van der Waals surface area contributed by atoms with Gasteiger partial charge in [0.25, 0.3) is 5.56 Å². The van der Waals surface area contributed by atoms with Crippen LogP contribution in [0.4, 0.5) is 5.13 Å². The second-order valence-corrected chi connectivity index (χ2v) is 5.34. The Balaban J connectivity index is 2.34. The fourth-order valence-corrected chi connectivity index (χ4v) is 2.50.